The van der Waals surface area contributed by atoms with Crippen LogP contribution in [0.3, 0.4) is 0 Å². The maximum Gasteiger partial charge on any atom is 0.341 e. The molecule has 2 N–H and O–H groups in total. The SMILES string of the molecule is CCCCCCCCCOc1c(O)c(C(=O)O)c(Cl)c(Cl)c1Cl. The van der Waals surface area contributed by atoms with Gasteiger partial charge in [0.1, 0.15) is 10.6 Å². The topological polar surface area (TPSA) is 66.8 Å². The molecule has 0 atom stereocenters. The van der Waals surface area contributed by atoms with Gasteiger partial charge < -0.3 is 14.9 Å². The van der Waals surface area contributed by atoms with E-state index in [1.54, 1.807) is 0 Å². The number of halogens is 3. The number of aromatic hydroxyl groups is 1. The summed E-state index contributed by atoms with van der Waals surface area (Å²) in [4.78, 5) is 11.2. The van der Waals surface area contributed by atoms with Crippen LogP contribution in [0.4, 0.5) is 0 Å². The van der Waals surface area contributed by atoms with Gasteiger partial charge >= 0.3 is 5.97 Å². The number of aromatic carboxylic acids is 1. The summed E-state index contributed by atoms with van der Waals surface area (Å²) in [5.74, 6) is -2.13. The van der Waals surface area contributed by atoms with Gasteiger partial charge in [-0.3, -0.25) is 0 Å². The zero-order valence-electron chi connectivity index (χ0n) is 13.0. The van der Waals surface area contributed by atoms with Gasteiger partial charge in [0.15, 0.2) is 11.5 Å². The number of carboxylic acid groups (broad SMARTS) is 1. The van der Waals surface area contributed by atoms with Crippen LogP contribution in [-0.4, -0.2) is 22.8 Å². The predicted molar refractivity (Wildman–Crippen MR) is 93.6 cm³/mol. The smallest absolute Gasteiger partial charge is 0.341 e. The fourth-order valence-electron chi connectivity index (χ4n) is 2.19. The summed E-state index contributed by atoms with van der Waals surface area (Å²) in [6.07, 6.45) is 7.78. The lowest BCUT2D eigenvalue weighted by Gasteiger charge is -2.14. The van der Waals surface area contributed by atoms with Gasteiger partial charge in [0.05, 0.1) is 16.7 Å². The zero-order valence-corrected chi connectivity index (χ0v) is 15.3. The highest BCUT2D eigenvalue weighted by Crippen LogP contribution is 2.47. The van der Waals surface area contributed by atoms with Crippen molar-refractivity contribution in [3.8, 4) is 11.5 Å². The minimum atomic E-state index is -1.40. The molecule has 1 aromatic carbocycles. The first-order valence-electron chi connectivity index (χ1n) is 7.67. The van der Waals surface area contributed by atoms with Crippen LogP contribution in [0.25, 0.3) is 0 Å². The summed E-state index contributed by atoms with van der Waals surface area (Å²) in [5.41, 5.74) is -0.504. The van der Waals surface area contributed by atoms with E-state index in [0.29, 0.717) is 6.61 Å². The van der Waals surface area contributed by atoms with Gasteiger partial charge in [0, 0.05) is 0 Å². The molecule has 0 amide bonds. The fraction of sp³-hybridized carbons (Fsp3) is 0.562. The molecule has 4 nitrogen and oxygen atoms in total. The third-order valence-electron chi connectivity index (χ3n) is 3.46. The van der Waals surface area contributed by atoms with Crippen LogP contribution in [0.5, 0.6) is 11.5 Å². The molecule has 0 aliphatic heterocycles. The van der Waals surface area contributed by atoms with Crippen molar-refractivity contribution in [2.24, 2.45) is 0 Å². The first kappa shape index (κ1) is 20.2. The molecule has 0 heterocycles. The minimum absolute atomic E-state index is 0.0814. The largest absolute Gasteiger partial charge is 0.504 e. The highest BCUT2D eigenvalue weighted by molar-refractivity contribution is 6.50. The number of benzene rings is 1. The molecular formula is C16H21Cl3O4. The standard InChI is InChI=1S/C16H21Cl3O4/c1-2-3-4-5-6-7-8-9-23-15-13(19)12(18)11(17)10(14(15)20)16(21)22/h20H,2-9H2,1H3,(H,21,22). The van der Waals surface area contributed by atoms with Crippen LogP contribution in [-0.2, 0) is 0 Å². The predicted octanol–water partition coefficient (Wildman–Crippen LogP) is 6.18. The third kappa shape index (κ3) is 5.63. The summed E-state index contributed by atoms with van der Waals surface area (Å²) >= 11 is 17.7. The average Bonchev–Trinajstić information content (AvgIpc) is 2.50. The monoisotopic (exact) mass is 382 g/mol. The number of ether oxygens (including phenoxy) is 1. The molecule has 0 unspecified atom stereocenters. The van der Waals surface area contributed by atoms with E-state index in [1.165, 1.54) is 25.7 Å². The number of carboxylic acids is 1. The highest BCUT2D eigenvalue weighted by Gasteiger charge is 2.26. The number of hydrogen-bond acceptors (Lipinski definition) is 3. The van der Waals surface area contributed by atoms with Crippen LogP contribution in [0.15, 0.2) is 0 Å². The summed E-state index contributed by atoms with van der Waals surface area (Å²) in [6, 6.07) is 0. The van der Waals surface area contributed by atoms with Gasteiger partial charge in [-0.15, -0.1) is 0 Å². The minimum Gasteiger partial charge on any atom is -0.504 e. The Morgan fingerprint density at radius 1 is 0.957 bits per heavy atom. The molecule has 0 saturated heterocycles. The molecule has 0 fully saturated rings. The Kier molecular flexibility index (Phi) is 8.88. The molecule has 130 valence electrons. The van der Waals surface area contributed by atoms with Crippen molar-refractivity contribution in [1.82, 2.24) is 0 Å². The van der Waals surface area contributed by atoms with Crippen molar-refractivity contribution >= 4 is 40.8 Å². The van der Waals surface area contributed by atoms with Crippen LogP contribution < -0.4 is 4.74 Å². The summed E-state index contributed by atoms with van der Waals surface area (Å²) in [5, 5.41) is 18.6. The molecule has 1 aromatic rings. The van der Waals surface area contributed by atoms with Gasteiger partial charge in [-0.2, -0.15) is 0 Å². The second-order valence-electron chi connectivity index (χ2n) is 5.27. The number of phenols is 1. The number of carbonyl (C=O) groups is 1. The number of unbranched alkanes of at least 4 members (excludes halogenated alkanes) is 6. The van der Waals surface area contributed by atoms with Crippen LogP contribution in [0.1, 0.15) is 62.2 Å². The maximum absolute atomic E-state index is 11.2. The quantitative estimate of drug-likeness (QED) is 0.374. The van der Waals surface area contributed by atoms with Gasteiger partial charge in [0.25, 0.3) is 0 Å². The first-order chi connectivity index (χ1) is 10.9. The zero-order chi connectivity index (χ0) is 17.4. The molecule has 0 aromatic heterocycles. The third-order valence-corrected chi connectivity index (χ3v) is 4.77. The molecule has 23 heavy (non-hydrogen) atoms. The molecule has 1 rings (SSSR count). The van der Waals surface area contributed by atoms with E-state index in [2.05, 4.69) is 6.92 Å². The second-order valence-corrected chi connectivity index (χ2v) is 6.40. The van der Waals surface area contributed by atoms with E-state index >= 15 is 0 Å². The molecule has 0 aliphatic carbocycles. The lowest BCUT2D eigenvalue weighted by molar-refractivity contribution is 0.0693. The van der Waals surface area contributed by atoms with Crippen LogP contribution in [0, 0.1) is 0 Å². The Morgan fingerprint density at radius 2 is 1.52 bits per heavy atom. The van der Waals surface area contributed by atoms with E-state index in [4.69, 9.17) is 44.6 Å². The van der Waals surface area contributed by atoms with Crippen molar-refractivity contribution in [3.63, 3.8) is 0 Å². The molecule has 0 spiro atoms. The maximum atomic E-state index is 11.2. The number of rotatable bonds is 10. The molecule has 0 saturated carbocycles. The van der Waals surface area contributed by atoms with Crippen LogP contribution in [0.2, 0.25) is 15.1 Å². The molecule has 0 radical (unpaired) electrons. The summed E-state index contributed by atoms with van der Waals surface area (Å²) < 4.78 is 5.43. The van der Waals surface area contributed by atoms with Crippen molar-refractivity contribution in [2.75, 3.05) is 6.61 Å². The lowest BCUT2D eigenvalue weighted by Crippen LogP contribution is -2.04. The van der Waals surface area contributed by atoms with Gasteiger partial charge in [-0.25, -0.2) is 4.79 Å². The van der Waals surface area contributed by atoms with Crippen LogP contribution >= 0.6 is 34.8 Å². The van der Waals surface area contributed by atoms with E-state index < -0.39 is 17.3 Å². The molecule has 0 bridgehead atoms. The van der Waals surface area contributed by atoms with E-state index in [-0.39, 0.29) is 20.8 Å². The Morgan fingerprint density at radius 3 is 2.09 bits per heavy atom. The van der Waals surface area contributed by atoms with Crippen molar-refractivity contribution < 1.29 is 19.7 Å². The Bertz CT molecular complexity index is 547. The van der Waals surface area contributed by atoms with Crippen molar-refractivity contribution in [1.29, 1.82) is 0 Å². The normalized spacial score (nSPS) is 10.8. The summed E-state index contributed by atoms with van der Waals surface area (Å²) in [6.45, 7) is 2.49. The first-order valence-corrected chi connectivity index (χ1v) is 8.80. The highest BCUT2D eigenvalue weighted by atomic mass is 35.5. The fourth-order valence-corrected chi connectivity index (χ4v) is 2.92. The Hall–Kier alpha value is -0.840. The lowest BCUT2D eigenvalue weighted by atomic mass is 10.1. The number of hydrogen-bond donors (Lipinski definition) is 2. The second kappa shape index (κ2) is 10.1. The Labute approximate surface area is 151 Å². The van der Waals surface area contributed by atoms with Crippen molar-refractivity contribution in [3.05, 3.63) is 20.6 Å². The molecule has 0 aliphatic rings. The molecule has 7 heteroatoms. The van der Waals surface area contributed by atoms with Gasteiger partial charge in [-0.1, -0.05) is 80.3 Å². The van der Waals surface area contributed by atoms with E-state index in [1.807, 2.05) is 0 Å². The van der Waals surface area contributed by atoms with Gasteiger partial charge in [-0.05, 0) is 6.42 Å². The van der Waals surface area contributed by atoms with E-state index in [0.717, 1.165) is 19.3 Å². The van der Waals surface area contributed by atoms with Crippen molar-refractivity contribution in [2.45, 2.75) is 51.9 Å². The summed E-state index contributed by atoms with van der Waals surface area (Å²) in [7, 11) is 0. The Balaban J connectivity index is 2.62. The average molecular weight is 384 g/mol. The van der Waals surface area contributed by atoms with E-state index in [9.17, 15) is 9.90 Å². The molecular weight excluding hydrogens is 363 g/mol. The van der Waals surface area contributed by atoms with Gasteiger partial charge in [0.2, 0.25) is 0 Å².